The molecule has 1 unspecified atom stereocenters. The molecule has 1 aliphatic heterocycles. The number of morpholine rings is 1. The number of primary amides is 1. The van der Waals surface area contributed by atoms with Crippen molar-refractivity contribution in [1.29, 1.82) is 0 Å². The van der Waals surface area contributed by atoms with Gasteiger partial charge in [-0.2, -0.15) is 0 Å². The fourth-order valence-electron chi connectivity index (χ4n) is 2.35. The van der Waals surface area contributed by atoms with Crippen molar-refractivity contribution in [2.45, 2.75) is 12.6 Å². The molecule has 7 heteroatoms. The molecule has 7 nitrogen and oxygen atoms in total. The summed E-state index contributed by atoms with van der Waals surface area (Å²) < 4.78 is 5.18. The van der Waals surface area contributed by atoms with E-state index in [0.29, 0.717) is 6.54 Å². The minimum Gasteiger partial charge on any atom is -0.369 e. The fourth-order valence-corrected chi connectivity index (χ4v) is 2.35. The van der Waals surface area contributed by atoms with Crippen LogP contribution in [-0.2, 0) is 25.7 Å². The molecule has 0 aliphatic carbocycles. The minimum atomic E-state index is -0.745. The number of benzene rings is 1. The molecule has 1 atom stereocenters. The fraction of sp³-hybridized carbons (Fsp3) is 0.400. The molecular formula is C15H19N3O4. The number of nitrogens with two attached hydrogens (primary N) is 1. The van der Waals surface area contributed by atoms with Crippen molar-refractivity contribution < 1.29 is 19.1 Å². The van der Waals surface area contributed by atoms with Crippen LogP contribution < -0.4 is 5.73 Å². The van der Waals surface area contributed by atoms with Crippen LogP contribution in [0.1, 0.15) is 5.56 Å². The number of likely N-dealkylation sites (N-methyl/N-ethyl adjacent to an activating group) is 1. The summed E-state index contributed by atoms with van der Waals surface area (Å²) in [7, 11) is 1.48. The third kappa shape index (κ3) is 3.82. The van der Waals surface area contributed by atoms with Crippen LogP contribution in [0.3, 0.4) is 0 Å². The van der Waals surface area contributed by atoms with Crippen LogP contribution in [0.25, 0.3) is 0 Å². The van der Waals surface area contributed by atoms with E-state index in [9.17, 15) is 14.4 Å². The van der Waals surface area contributed by atoms with E-state index < -0.39 is 11.9 Å². The first-order valence-corrected chi connectivity index (χ1v) is 6.93. The average Bonchev–Trinajstić information content (AvgIpc) is 2.49. The van der Waals surface area contributed by atoms with Gasteiger partial charge < -0.3 is 20.3 Å². The van der Waals surface area contributed by atoms with Gasteiger partial charge in [0.25, 0.3) is 0 Å². The number of carbonyl (C=O) groups excluding carboxylic acids is 3. The summed E-state index contributed by atoms with van der Waals surface area (Å²) in [5, 5.41) is 0. The molecule has 1 aromatic carbocycles. The van der Waals surface area contributed by atoms with Crippen molar-refractivity contribution >= 4 is 17.7 Å². The summed E-state index contributed by atoms with van der Waals surface area (Å²) >= 11 is 0. The Morgan fingerprint density at radius 3 is 2.68 bits per heavy atom. The second-order valence-electron chi connectivity index (χ2n) is 5.20. The average molecular weight is 305 g/mol. The van der Waals surface area contributed by atoms with Crippen molar-refractivity contribution in [3.8, 4) is 0 Å². The normalized spacial score (nSPS) is 18.1. The highest BCUT2D eigenvalue weighted by Crippen LogP contribution is 2.15. The molecule has 1 fully saturated rings. The van der Waals surface area contributed by atoms with Gasteiger partial charge in [0.2, 0.25) is 17.7 Å². The summed E-state index contributed by atoms with van der Waals surface area (Å²) in [6.07, 6.45) is 0. The van der Waals surface area contributed by atoms with Crippen LogP contribution in [-0.4, -0.2) is 60.4 Å². The maximum atomic E-state index is 12.4. The van der Waals surface area contributed by atoms with E-state index >= 15 is 0 Å². The topological polar surface area (TPSA) is 92.9 Å². The Balaban J connectivity index is 2.14. The van der Waals surface area contributed by atoms with Gasteiger partial charge in [-0.15, -0.1) is 0 Å². The second kappa shape index (κ2) is 7.04. The quantitative estimate of drug-likeness (QED) is 0.783. The molecule has 1 heterocycles. The molecule has 3 amide bonds. The molecule has 0 bridgehead atoms. The second-order valence-corrected chi connectivity index (χ2v) is 5.20. The van der Waals surface area contributed by atoms with E-state index in [1.165, 1.54) is 16.8 Å². The number of amides is 3. The number of hydrogen-bond acceptors (Lipinski definition) is 4. The van der Waals surface area contributed by atoms with Crippen LogP contribution >= 0.6 is 0 Å². The van der Waals surface area contributed by atoms with Crippen LogP contribution in [0.4, 0.5) is 0 Å². The molecule has 2 rings (SSSR count). The largest absolute Gasteiger partial charge is 0.369 e. The van der Waals surface area contributed by atoms with Gasteiger partial charge in [-0.1, -0.05) is 30.3 Å². The molecule has 22 heavy (non-hydrogen) atoms. The van der Waals surface area contributed by atoms with E-state index in [-0.39, 0.29) is 31.6 Å². The van der Waals surface area contributed by atoms with Gasteiger partial charge in [-0.3, -0.25) is 14.4 Å². The SMILES string of the molecule is CN(CC(N)=O)C(=O)C1COCC(=O)N1Cc1ccccc1. The smallest absolute Gasteiger partial charge is 0.249 e. The lowest BCUT2D eigenvalue weighted by Gasteiger charge is -2.36. The lowest BCUT2D eigenvalue weighted by atomic mass is 10.1. The van der Waals surface area contributed by atoms with Gasteiger partial charge in [-0.05, 0) is 5.56 Å². The lowest BCUT2D eigenvalue weighted by Crippen LogP contribution is -2.56. The van der Waals surface area contributed by atoms with E-state index in [2.05, 4.69) is 0 Å². The zero-order chi connectivity index (χ0) is 16.1. The summed E-state index contributed by atoms with van der Waals surface area (Å²) in [5.74, 6) is -1.21. The standard InChI is InChI=1S/C15H19N3O4/c1-17(8-13(16)19)15(21)12-9-22-10-14(20)18(12)7-11-5-3-2-4-6-11/h2-6,12H,7-10H2,1H3,(H2,16,19). The van der Waals surface area contributed by atoms with Gasteiger partial charge in [0.1, 0.15) is 12.6 Å². The Bertz CT molecular complexity index is 561. The summed E-state index contributed by atoms with van der Waals surface area (Å²) in [5.41, 5.74) is 6.03. The highest BCUT2D eigenvalue weighted by molar-refractivity contribution is 5.91. The maximum absolute atomic E-state index is 12.4. The number of ether oxygens (including phenoxy) is 1. The molecule has 0 aromatic heterocycles. The highest BCUT2D eigenvalue weighted by atomic mass is 16.5. The first kappa shape index (κ1) is 16.0. The first-order chi connectivity index (χ1) is 10.5. The number of carbonyl (C=O) groups is 3. The van der Waals surface area contributed by atoms with E-state index in [4.69, 9.17) is 10.5 Å². The number of nitrogens with zero attached hydrogens (tertiary/aromatic N) is 2. The Hall–Kier alpha value is -2.41. The predicted octanol–water partition coefficient (Wildman–Crippen LogP) is -0.642. The number of hydrogen-bond donors (Lipinski definition) is 1. The van der Waals surface area contributed by atoms with Crippen molar-refractivity contribution in [3.63, 3.8) is 0 Å². The molecule has 1 aliphatic rings. The minimum absolute atomic E-state index is 0.0455. The van der Waals surface area contributed by atoms with Crippen molar-refractivity contribution in [2.75, 3.05) is 26.8 Å². The molecule has 0 saturated carbocycles. The molecule has 2 N–H and O–H groups in total. The van der Waals surface area contributed by atoms with Gasteiger partial charge in [0, 0.05) is 13.6 Å². The maximum Gasteiger partial charge on any atom is 0.249 e. The summed E-state index contributed by atoms with van der Waals surface area (Å²) in [6, 6.07) is 8.65. The van der Waals surface area contributed by atoms with Gasteiger partial charge in [-0.25, -0.2) is 0 Å². The van der Waals surface area contributed by atoms with Crippen LogP contribution in [0.2, 0.25) is 0 Å². The van der Waals surface area contributed by atoms with Crippen molar-refractivity contribution in [2.24, 2.45) is 5.73 Å². The summed E-state index contributed by atoms with van der Waals surface area (Å²) in [6.45, 7) is 0.198. The number of rotatable bonds is 5. The third-order valence-corrected chi connectivity index (χ3v) is 3.45. The Kier molecular flexibility index (Phi) is 5.11. The molecule has 1 saturated heterocycles. The van der Waals surface area contributed by atoms with E-state index in [0.717, 1.165) is 5.56 Å². The summed E-state index contributed by atoms with van der Waals surface area (Å²) in [4.78, 5) is 38.2. The molecule has 0 radical (unpaired) electrons. The molecule has 0 spiro atoms. The van der Waals surface area contributed by atoms with Crippen molar-refractivity contribution in [3.05, 3.63) is 35.9 Å². The molecule has 118 valence electrons. The Labute approximate surface area is 128 Å². The van der Waals surface area contributed by atoms with E-state index in [1.54, 1.807) is 0 Å². The van der Waals surface area contributed by atoms with Crippen LogP contribution in [0.15, 0.2) is 30.3 Å². The Morgan fingerprint density at radius 2 is 2.05 bits per heavy atom. The van der Waals surface area contributed by atoms with Crippen LogP contribution in [0, 0.1) is 0 Å². The van der Waals surface area contributed by atoms with Crippen LogP contribution in [0.5, 0.6) is 0 Å². The van der Waals surface area contributed by atoms with Gasteiger partial charge in [0.05, 0.1) is 13.2 Å². The monoisotopic (exact) mass is 305 g/mol. The zero-order valence-electron chi connectivity index (χ0n) is 12.4. The van der Waals surface area contributed by atoms with Crippen molar-refractivity contribution in [1.82, 2.24) is 9.80 Å². The first-order valence-electron chi connectivity index (χ1n) is 6.93. The lowest BCUT2D eigenvalue weighted by molar-refractivity contribution is -0.159. The Morgan fingerprint density at radius 1 is 1.36 bits per heavy atom. The highest BCUT2D eigenvalue weighted by Gasteiger charge is 2.35. The third-order valence-electron chi connectivity index (χ3n) is 3.45. The van der Waals surface area contributed by atoms with Gasteiger partial charge in [0.15, 0.2) is 0 Å². The zero-order valence-corrected chi connectivity index (χ0v) is 12.4. The van der Waals surface area contributed by atoms with Gasteiger partial charge >= 0.3 is 0 Å². The predicted molar refractivity (Wildman–Crippen MR) is 78.4 cm³/mol. The molecular weight excluding hydrogens is 286 g/mol. The van der Waals surface area contributed by atoms with E-state index in [1.807, 2.05) is 30.3 Å². The molecule has 1 aromatic rings.